The van der Waals surface area contributed by atoms with Crippen molar-refractivity contribution in [3.05, 3.63) is 89.5 Å². The molecule has 0 bridgehead atoms. The lowest BCUT2D eigenvalue weighted by atomic mass is 10.1. The second-order valence-corrected chi connectivity index (χ2v) is 5.86. The summed E-state index contributed by atoms with van der Waals surface area (Å²) < 4.78 is 17.1. The molecule has 0 amide bonds. The van der Waals surface area contributed by atoms with Crippen LogP contribution in [0.2, 0.25) is 0 Å². The van der Waals surface area contributed by atoms with Crippen LogP contribution in [0.1, 0.15) is 21.5 Å². The molecule has 5 nitrogen and oxygen atoms in total. The van der Waals surface area contributed by atoms with Crippen LogP contribution in [0.4, 0.5) is 0 Å². The van der Waals surface area contributed by atoms with Crippen LogP contribution in [0.3, 0.4) is 0 Å². The highest BCUT2D eigenvalue weighted by atomic mass is 16.5. The molecule has 0 saturated carbocycles. The number of ether oxygens (including phenoxy) is 3. The third kappa shape index (κ3) is 4.79. The van der Waals surface area contributed by atoms with Crippen molar-refractivity contribution in [2.45, 2.75) is 13.2 Å². The second-order valence-electron chi connectivity index (χ2n) is 5.86. The lowest BCUT2D eigenvalue weighted by Crippen LogP contribution is -2.05. The first-order chi connectivity index (χ1) is 13.2. The Hall–Kier alpha value is -3.47. The minimum atomic E-state index is -1.06. The van der Waals surface area contributed by atoms with Gasteiger partial charge in [0.15, 0.2) is 11.5 Å². The van der Waals surface area contributed by atoms with Gasteiger partial charge in [-0.05, 0) is 23.3 Å². The Balaban J connectivity index is 1.86. The van der Waals surface area contributed by atoms with Crippen LogP contribution >= 0.6 is 0 Å². The van der Waals surface area contributed by atoms with Gasteiger partial charge in [0.2, 0.25) is 5.75 Å². The van der Waals surface area contributed by atoms with Gasteiger partial charge in [0.05, 0.1) is 12.7 Å². The molecule has 0 aliphatic rings. The lowest BCUT2D eigenvalue weighted by Gasteiger charge is -2.16. The minimum Gasteiger partial charge on any atom is -0.490 e. The van der Waals surface area contributed by atoms with E-state index in [1.54, 1.807) is 0 Å². The lowest BCUT2D eigenvalue weighted by molar-refractivity contribution is 0.0695. The molecule has 0 unspecified atom stereocenters. The van der Waals surface area contributed by atoms with Gasteiger partial charge in [-0.15, -0.1) is 0 Å². The Bertz CT molecular complexity index is 827. The van der Waals surface area contributed by atoms with Crippen LogP contribution in [-0.4, -0.2) is 18.2 Å². The molecule has 0 aliphatic heterocycles. The zero-order valence-electron chi connectivity index (χ0n) is 14.9. The number of hydrogen-bond acceptors (Lipinski definition) is 4. The molecule has 0 fully saturated rings. The van der Waals surface area contributed by atoms with Gasteiger partial charge in [-0.3, -0.25) is 0 Å². The van der Waals surface area contributed by atoms with E-state index in [2.05, 4.69) is 0 Å². The van der Waals surface area contributed by atoms with Gasteiger partial charge >= 0.3 is 5.97 Å². The molecular formula is C22H20O5. The van der Waals surface area contributed by atoms with Crippen molar-refractivity contribution in [1.82, 2.24) is 0 Å². The molecule has 5 heteroatoms. The number of methoxy groups -OCH3 is 1. The zero-order chi connectivity index (χ0) is 19.1. The number of rotatable bonds is 8. The minimum absolute atomic E-state index is 0.0712. The maximum atomic E-state index is 11.5. The van der Waals surface area contributed by atoms with Crippen molar-refractivity contribution in [3.8, 4) is 17.2 Å². The van der Waals surface area contributed by atoms with Crippen molar-refractivity contribution in [1.29, 1.82) is 0 Å². The number of hydrogen-bond donors (Lipinski definition) is 1. The smallest absolute Gasteiger partial charge is 0.335 e. The molecule has 0 aliphatic carbocycles. The van der Waals surface area contributed by atoms with E-state index in [0.717, 1.165) is 11.1 Å². The van der Waals surface area contributed by atoms with E-state index in [9.17, 15) is 9.90 Å². The van der Waals surface area contributed by atoms with E-state index in [0.29, 0.717) is 30.5 Å². The summed E-state index contributed by atoms with van der Waals surface area (Å²) in [6.07, 6.45) is 0. The van der Waals surface area contributed by atoms with Gasteiger partial charge in [0, 0.05) is 0 Å². The first-order valence-electron chi connectivity index (χ1n) is 8.46. The van der Waals surface area contributed by atoms with Gasteiger partial charge in [-0.2, -0.15) is 0 Å². The molecular weight excluding hydrogens is 344 g/mol. The fraction of sp³-hybridized carbons (Fsp3) is 0.136. The Morgan fingerprint density at radius 3 is 1.63 bits per heavy atom. The quantitative estimate of drug-likeness (QED) is 0.635. The molecule has 0 saturated heterocycles. The molecule has 0 spiro atoms. The van der Waals surface area contributed by atoms with Crippen LogP contribution in [0, 0.1) is 0 Å². The van der Waals surface area contributed by atoms with Crippen molar-refractivity contribution in [2.75, 3.05) is 7.11 Å². The average molecular weight is 364 g/mol. The van der Waals surface area contributed by atoms with E-state index in [1.165, 1.54) is 19.2 Å². The fourth-order valence-corrected chi connectivity index (χ4v) is 2.59. The van der Waals surface area contributed by atoms with Crippen LogP contribution in [0.15, 0.2) is 72.8 Å². The predicted molar refractivity (Wildman–Crippen MR) is 102 cm³/mol. The third-order valence-electron chi connectivity index (χ3n) is 3.95. The van der Waals surface area contributed by atoms with Crippen LogP contribution in [0.25, 0.3) is 0 Å². The monoisotopic (exact) mass is 364 g/mol. The van der Waals surface area contributed by atoms with E-state index in [4.69, 9.17) is 14.2 Å². The first-order valence-corrected chi connectivity index (χ1v) is 8.46. The van der Waals surface area contributed by atoms with Crippen LogP contribution in [0.5, 0.6) is 17.2 Å². The average Bonchev–Trinajstić information content (AvgIpc) is 2.71. The molecule has 1 N–H and O–H groups in total. The molecule has 138 valence electrons. The molecule has 3 aromatic carbocycles. The highest BCUT2D eigenvalue weighted by Crippen LogP contribution is 2.39. The summed E-state index contributed by atoms with van der Waals surface area (Å²) in [4.78, 5) is 11.5. The number of aromatic carboxylic acids is 1. The molecule has 3 aromatic rings. The summed E-state index contributed by atoms with van der Waals surface area (Å²) >= 11 is 0. The van der Waals surface area contributed by atoms with Gasteiger partial charge in [-0.1, -0.05) is 60.7 Å². The summed E-state index contributed by atoms with van der Waals surface area (Å²) in [5.74, 6) is -0.0488. The topological polar surface area (TPSA) is 65.0 Å². The number of carboxylic acids is 1. The Morgan fingerprint density at radius 2 is 1.26 bits per heavy atom. The Kier molecular flexibility index (Phi) is 5.94. The SMILES string of the molecule is COc1c(OCc2ccccc2)cc(C(=O)O)cc1OCc1ccccc1. The van der Waals surface area contributed by atoms with Crippen LogP contribution in [-0.2, 0) is 13.2 Å². The molecule has 0 radical (unpaired) electrons. The van der Waals surface area contributed by atoms with Crippen LogP contribution < -0.4 is 14.2 Å². The highest BCUT2D eigenvalue weighted by Gasteiger charge is 2.18. The molecule has 27 heavy (non-hydrogen) atoms. The van der Waals surface area contributed by atoms with Crippen molar-refractivity contribution in [3.63, 3.8) is 0 Å². The van der Waals surface area contributed by atoms with E-state index in [-0.39, 0.29) is 5.56 Å². The number of benzene rings is 3. The summed E-state index contributed by atoms with van der Waals surface area (Å²) in [6.45, 7) is 0.580. The fourth-order valence-electron chi connectivity index (χ4n) is 2.59. The van der Waals surface area contributed by atoms with Crippen molar-refractivity contribution in [2.24, 2.45) is 0 Å². The third-order valence-corrected chi connectivity index (χ3v) is 3.95. The molecule has 3 rings (SSSR count). The van der Waals surface area contributed by atoms with Gasteiger partial charge in [0.1, 0.15) is 13.2 Å². The summed E-state index contributed by atoms with van der Waals surface area (Å²) in [6, 6.07) is 22.1. The Labute approximate surface area is 157 Å². The van der Waals surface area contributed by atoms with Gasteiger partial charge in [0.25, 0.3) is 0 Å². The largest absolute Gasteiger partial charge is 0.490 e. The molecule has 0 heterocycles. The van der Waals surface area contributed by atoms with Crippen molar-refractivity contribution < 1.29 is 24.1 Å². The number of carbonyl (C=O) groups is 1. The summed E-state index contributed by atoms with van der Waals surface area (Å²) in [5.41, 5.74) is 2.00. The highest BCUT2D eigenvalue weighted by molar-refractivity contribution is 5.89. The number of carboxylic acid groups (broad SMARTS) is 1. The van der Waals surface area contributed by atoms with Gasteiger partial charge in [-0.25, -0.2) is 4.79 Å². The van der Waals surface area contributed by atoms with E-state index >= 15 is 0 Å². The molecule has 0 atom stereocenters. The maximum absolute atomic E-state index is 11.5. The normalized spacial score (nSPS) is 10.3. The first kappa shape index (κ1) is 18.3. The maximum Gasteiger partial charge on any atom is 0.335 e. The zero-order valence-corrected chi connectivity index (χ0v) is 14.9. The molecule has 0 aromatic heterocycles. The summed E-state index contributed by atoms with van der Waals surface area (Å²) in [7, 11) is 1.50. The van der Waals surface area contributed by atoms with E-state index in [1.807, 2.05) is 60.7 Å². The summed E-state index contributed by atoms with van der Waals surface area (Å²) in [5, 5.41) is 9.42. The van der Waals surface area contributed by atoms with Crippen molar-refractivity contribution >= 4 is 5.97 Å². The van der Waals surface area contributed by atoms with E-state index < -0.39 is 5.97 Å². The standard InChI is InChI=1S/C22H20O5/c1-25-21-19(26-14-16-8-4-2-5-9-16)12-18(22(23)24)13-20(21)27-15-17-10-6-3-7-11-17/h2-13H,14-15H2,1H3,(H,23,24). The second kappa shape index (κ2) is 8.76. The predicted octanol–water partition coefficient (Wildman–Crippen LogP) is 4.55. The van der Waals surface area contributed by atoms with Gasteiger partial charge < -0.3 is 19.3 Å². The Morgan fingerprint density at radius 1 is 0.815 bits per heavy atom.